The summed E-state index contributed by atoms with van der Waals surface area (Å²) >= 11 is 0. The minimum Gasteiger partial charge on any atom is -0.361 e. The number of para-hydroxylation sites is 2. The van der Waals surface area contributed by atoms with Crippen LogP contribution in [0.25, 0.3) is 21.8 Å². The van der Waals surface area contributed by atoms with Gasteiger partial charge in [-0.1, -0.05) is 44.2 Å². The lowest BCUT2D eigenvalue weighted by Gasteiger charge is -2.33. The van der Waals surface area contributed by atoms with Crippen molar-refractivity contribution in [1.82, 2.24) is 19.9 Å². The van der Waals surface area contributed by atoms with Gasteiger partial charge < -0.3 is 10.3 Å². The van der Waals surface area contributed by atoms with Gasteiger partial charge in [-0.25, -0.2) is 4.98 Å². The Kier molecular flexibility index (Phi) is 4.42. The van der Waals surface area contributed by atoms with Crippen molar-refractivity contribution in [2.24, 2.45) is 5.92 Å². The van der Waals surface area contributed by atoms with Crippen molar-refractivity contribution in [3.05, 3.63) is 76.5 Å². The lowest BCUT2D eigenvalue weighted by molar-refractivity contribution is -0.126. The van der Waals surface area contributed by atoms with Crippen LogP contribution in [0.15, 0.2) is 59.5 Å². The predicted molar refractivity (Wildman–Crippen MR) is 117 cm³/mol. The Morgan fingerprint density at radius 3 is 2.57 bits per heavy atom. The molecule has 0 unspecified atom stereocenters. The fraction of sp³-hybridized carbons (Fsp3) is 0.292. The molecule has 0 saturated heterocycles. The van der Waals surface area contributed by atoms with Crippen molar-refractivity contribution in [2.45, 2.75) is 38.8 Å². The van der Waals surface area contributed by atoms with Gasteiger partial charge >= 0.3 is 0 Å². The van der Waals surface area contributed by atoms with Gasteiger partial charge in [-0.3, -0.25) is 14.2 Å². The van der Waals surface area contributed by atoms with Crippen LogP contribution >= 0.6 is 0 Å². The molecule has 3 heterocycles. The number of amides is 1. The molecule has 0 aliphatic carbocycles. The first-order valence-corrected chi connectivity index (χ1v) is 10.4. The maximum Gasteiger partial charge on any atom is 0.262 e. The van der Waals surface area contributed by atoms with Crippen molar-refractivity contribution in [3.8, 4) is 0 Å². The summed E-state index contributed by atoms with van der Waals surface area (Å²) in [5.74, 6) is 0.881. The van der Waals surface area contributed by atoms with Crippen molar-refractivity contribution in [1.29, 1.82) is 0 Å². The van der Waals surface area contributed by atoms with Gasteiger partial charge in [-0.05, 0) is 36.1 Å². The van der Waals surface area contributed by atoms with E-state index in [0.29, 0.717) is 29.1 Å². The number of H-pyrrole nitrogens is 1. The zero-order valence-electron chi connectivity index (χ0n) is 17.1. The molecule has 2 N–H and O–H groups in total. The van der Waals surface area contributed by atoms with Gasteiger partial charge in [0.15, 0.2) is 0 Å². The standard InChI is InChI=1S/C24H24N4O2/c1-14(2)11-20-22-26-19-10-6-4-8-17(19)24(30)28(22)21(23(29)27-20)12-15-13-25-18-9-5-3-7-16(15)18/h3-10,13-14,20-21,25H,11-12H2,1-2H3,(H,27,29)/t20-,21+/m0/s1. The summed E-state index contributed by atoms with van der Waals surface area (Å²) < 4.78 is 1.63. The second-order valence-electron chi connectivity index (χ2n) is 8.43. The fourth-order valence-electron chi connectivity index (χ4n) is 4.49. The van der Waals surface area contributed by atoms with Crippen LogP contribution in [-0.2, 0) is 11.2 Å². The topological polar surface area (TPSA) is 79.8 Å². The minimum atomic E-state index is -0.632. The smallest absolute Gasteiger partial charge is 0.262 e. The fourth-order valence-corrected chi connectivity index (χ4v) is 4.49. The van der Waals surface area contributed by atoms with Crippen LogP contribution in [0.5, 0.6) is 0 Å². The van der Waals surface area contributed by atoms with Crippen molar-refractivity contribution in [3.63, 3.8) is 0 Å². The first-order chi connectivity index (χ1) is 14.5. The van der Waals surface area contributed by atoms with E-state index in [9.17, 15) is 9.59 Å². The maximum absolute atomic E-state index is 13.5. The normalized spacial score (nSPS) is 18.7. The van der Waals surface area contributed by atoms with Gasteiger partial charge in [0.25, 0.3) is 5.56 Å². The molecule has 30 heavy (non-hydrogen) atoms. The highest BCUT2D eigenvalue weighted by Crippen LogP contribution is 2.31. The Morgan fingerprint density at radius 2 is 1.77 bits per heavy atom. The molecule has 0 radical (unpaired) electrons. The largest absolute Gasteiger partial charge is 0.361 e. The second-order valence-corrected chi connectivity index (χ2v) is 8.43. The van der Waals surface area contributed by atoms with Crippen LogP contribution in [0.2, 0.25) is 0 Å². The van der Waals surface area contributed by atoms with Gasteiger partial charge in [0.1, 0.15) is 11.9 Å². The lowest BCUT2D eigenvalue weighted by atomic mass is 9.96. The molecule has 1 amide bonds. The summed E-state index contributed by atoms with van der Waals surface area (Å²) in [6.45, 7) is 4.21. The molecule has 1 aliphatic rings. The monoisotopic (exact) mass is 400 g/mol. The molecule has 2 aromatic heterocycles. The number of rotatable bonds is 4. The van der Waals surface area contributed by atoms with Gasteiger partial charge in [0, 0.05) is 23.5 Å². The molecule has 0 fully saturated rings. The van der Waals surface area contributed by atoms with Crippen LogP contribution in [0.1, 0.15) is 43.7 Å². The number of carbonyl (C=O) groups excluding carboxylic acids is 1. The highest BCUT2D eigenvalue weighted by Gasteiger charge is 2.36. The van der Waals surface area contributed by atoms with Gasteiger partial charge in [0.2, 0.25) is 5.91 Å². The van der Waals surface area contributed by atoms with Gasteiger partial charge in [-0.2, -0.15) is 0 Å². The summed E-state index contributed by atoms with van der Waals surface area (Å²) in [5.41, 5.74) is 2.55. The third-order valence-electron chi connectivity index (χ3n) is 5.87. The zero-order chi connectivity index (χ0) is 20.8. The molecule has 1 aliphatic heterocycles. The Balaban J connectivity index is 1.68. The van der Waals surface area contributed by atoms with Crippen LogP contribution in [0.3, 0.4) is 0 Å². The Morgan fingerprint density at radius 1 is 1.03 bits per heavy atom. The number of fused-ring (bicyclic) bond motifs is 3. The van der Waals surface area contributed by atoms with Crippen LogP contribution in [0, 0.1) is 5.92 Å². The molecular formula is C24H24N4O2. The quantitative estimate of drug-likeness (QED) is 0.546. The highest BCUT2D eigenvalue weighted by atomic mass is 16.2. The molecule has 0 bridgehead atoms. The average Bonchev–Trinajstić information content (AvgIpc) is 3.14. The van der Waals surface area contributed by atoms with Crippen molar-refractivity contribution >= 4 is 27.7 Å². The number of hydrogen-bond acceptors (Lipinski definition) is 3. The van der Waals surface area contributed by atoms with E-state index in [1.807, 2.05) is 48.7 Å². The van der Waals surface area contributed by atoms with E-state index in [1.54, 1.807) is 10.6 Å². The zero-order valence-corrected chi connectivity index (χ0v) is 17.1. The summed E-state index contributed by atoms with van der Waals surface area (Å²) in [5, 5.41) is 4.75. The number of nitrogens with one attached hydrogen (secondary N) is 2. The van der Waals surface area contributed by atoms with E-state index in [2.05, 4.69) is 24.1 Å². The van der Waals surface area contributed by atoms with E-state index in [-0.39, 0.29) is 17.5 Å². The predicted octanol–water partition coefficient (Wildman–Crippen LogP) is 3.88. The SMILES string of the molecule is CC(C)C[C@@H]1NC(=O)[C@@H](Cc2c[nH]c3ccccc23)n2c1nc1ccccc1c2=O. The summed E-state index contributed by atoms with van der Waals surface area (Å²) in [7, 11) is 0. The number of nitrogens with zero attached hydrogens (tertiary/aromatic N) is 2. The third kappa shape index (κ3) is 3.00. The molecule has 152 valence electrons. The van der Waals surface area contributed by atoms with Crippen LogP contribution < -0.4 is 10.9 Å². The van der Waals surface area contributed by atoms with E-state index in [1.165, 1.54) is 0 Å². The Bertz CT molecular complexity index is 1320. The number of carbonyl (C=O) groups is 1. The molecule has 0 saturated carbocycles. The van der Waals surface area contributed by atoms with Crippen LogP contribution in [0.4, 0.5) is 0 Å². The first kappa shape index (κ1) is 18.6. The average molecular weight is 400 g/mol. The highest BCUT2D eigenvalue weighted by molar-refractivity contribution is 5.87. The van der Waals surface area contributed by atoms with Crippen molar-refractivity contribution < 1.29 is 4.79 Å². The van der Waals surface area contributed by atoms with Gasteiger partial charge in [0.05, 0.1) is 16.9 Å². The van der Waals surface area contributed by atoms with Crippen LogP contribution in [-0.4, -0.2) is 20.4 Å². The molecule has 6 heteroatoms. The molecule has 6 nitrogen and oxygen atoms in total. The third-order valence-corrected chi connectivity index (χ3v) is 5.87. The number of hydrogen-bond donors (Lipinski definition) is 2. The molecule has 4 aromatic rings. The molecule has 0 spiro atoms. The molecular weight excluding hydrogens is 376 g/mol. The number of aromatic nitrogens is 3. The van der Waals surface area contributed by atoms with Gasteiger partial charge in [-0.15, -0.1) is 0 Å². The number of benzene rings is 2. The number of aromatic amines is 1. The molecule has 2 aromatic carbocycles. The minimum absolute atomic E-state index is 0.127. The lowest BCUT2D eigenvalue weighted by Crippen LogP contribution is -2.48. The maximum atomic E-state index is 13.5. The summed E-state index contributed by atoms with van der Waals surface area (Å²) in [6.07, 6.45) is 3.09. The Labute approximate surface area is 173 Å². The van der Waals surface area contributed by atoms with Crippen molar-refractivity contribution in [2.75, 3.05) is 0 Å². The molecule has 5 rings (SSSR count). The van der Waals surface area contributed by atoms with E-state index >= 15 is 0 Å². The summed E-state index contributed by atoms with van der Waals surface area (Å²) in [6, 6.07) is 14.5. The van der Waals surface area contributed by atoms with E-state index < -0.39 is 6.04 Å². The van der Waals surface area contributed by atoms with E-state index in [0.717, 1.165) is 22.9 Å². The Hall–Kier alpha value is -3.41. The molecule has 2 atom stereocenters. The first-order valence-electron chi connectivity index (χ1n) is 10.4. The second kappa shape index (κ2) is 7.13. The van der Waals surface area contributed by atoms with E-state index in [4.69, 9.17) is 4.98 Å². The summed E-state index contributed by atoms with van der Waals surface area (Å²) in [4.78, 5) is 34.8.